The summed E-state index contributed by atoms with van der Waals surface area (Å²) in [7, 11) is 0. The van der Waals surface area contributed by atoms with Crippen molar-refractivity contribution in [1.82, 2.24) is 4.90 Å². The summed E-state index contributed by atoms with van der Waals surface area (Å²) in [6.45, 7) is 4.55. The van der Waals surface area contributed by atoms with Gasteiger partial charge in [0.15, 0.2) is 6.04 Å². The largest absolute Gasteiger partial charge is 0.480 e. The highest BCUT2D eigenvalue weighted by Gasteiger charge is 2.35. The number of nitrogens with zero attached hydrogens (tertiary/aromatic N) is 1. The number of rotatable bonds is 3. The lowest BCUT2D eigenvalue weighted by Crippen LogP contribution is -2.53. The summed E-state index contributed by atoms with van der Waals surface area (Å²) in [4.78, 5) is 25.2. The highest BCUT2D eigenvalue weighted by molar-refractivity contribution is 5.88. The Labute approximate surface area is 118 Å². The third-order valence-corrected chi connectivity index (χ3v) is 3.61. The molecule has 108 valence electrons. The van der Waals surface area contributed by atoms with Crippen LogP contribution in [0, 0.1) is 6.92 Å². The molecular weight excluding hydrogens is 258 g/mol. The van der Waals surface area contributed by atoms with Crippen LogP contribution >= 0.6 is 0 Å². The first-order valence-corrected chi connectivity index (χ1v) is 6.68. The van der Waals surface area contributed by atoms with E-state index in [1.54, 1.807) is 0 Å². The van der Waals surface area contributed by atoms with E-state index < -0.39 is 12.0 Å². The van der Waals surface area contributed by atoms with Crippen LogP contribution in [0.3, 0.4) is 0 Å². The highest BCUT2D eigenvalue weighted by Crippen LogP contribution is 2.21. The van der Waals surface area contributed by atoms with E-state index in [4.69, 9.17) is 4.74 Å². The minimum Gasteiger partial charge on any atom is -0.480 e. The van der Waals surface area contributed by atoms with Gasteiger partial charge in [-0.15, -0.1) is 0 Å². The van der Waals surface area contributed by atoms with Crippen molar-refractivity contribution in [2.45, 2.75) is 25.8 Å². The summed E-state index contributed by atoms with van der Waals surface area (Å²) in [5.41, 5.74) is 1.99. The zero-order valence-corrected chi connectivity index (χ0v) is 11.7. The number of ether oxygens (including phenoxy) is 1. The van der Waals surface area contributed by atoms with Crippen molar-refractivity contribution < 1.29 is 19.4 Å². The molecule has 1 N–H and O–H groups in total. The monoisotopic (exact) mass is 277 g/mol. The van der Waals surface area contributed by atoms with Gasteiger partial charge in [-0.25, -0.2) is 4.79 Å². The second-order valence-corrected chi connectivity index (χ2v) is 5.10. The third-order valence-electron chi connectivity index (χ3n) is 3.61. The maximum absolute atomic E-state index is 12.5. The summed E-state index contributed by atoms with van der Waals surface area (Å²) in [5.74, 6) is -1.53. The molecule has 0 aliphatic carbocycles. The van der Waals surface area contributed by atoms with Gasteiger partial charge in [0.05, 0.1) is 19.1 Å². The van der Waals surface area contributed by atoms with E-state index in [1.807, 2.05) is 38.1 Å². The Morgan fingerprint density at radius 1 is 1.45 bits per heavy atom. The average Bonchev–Trinajstić information content (AvgIpc) is 2.45. The standard InChI is InChI=1S/C15H19NO4/c1-10-4-3-5-12(8-10)11(2)14(17)16-6-7-20-9-13(16)15(18)19/h3-5,8,11,13H,6-7,9H2,1-2H3,(H,18,19). The van der Waals surface area contributed by atoms with Gasteiger partial charge in [-0.2, -0.15) is 0 Å². The lowest BCUT2D eigenvalue weighted by Gasteiger charge is -2.34. The number of carbonyl (C=O) groups excluding carboxylic acids is 1. The van der Waals surface area contributed by atoms with Gasteiger partial charge in [-0.3, -0.25) is 4.79 Å². The molecule has 20 heavy (non-hydrogen) atoms. The molecule has 1 aromatic rings. The van der Waals surface area contributed by atoms with Crippen LogP contribution in [0.15, 0.2) is 24.3 Å². The molecule has 0 saturated carbocycles. The number of morpholine rings is 1. The molecule has 2 rings (SSSR count). The van der Waals surface area contributed by atoms with Gasteiger partial charge < -0.3 is 14.7 Å². The van der Waals surface area contributed by atoms with E-state index in [-0.39, 0.29) is 18.4 Å². The van der Waals surface area contributed by atoms with Crippen LogP contribution in [0.2, 0.25) is 0 Å². The van der Waals surface area contributed by atoms with Crippen molar-refractivity contribution in [3.05, 3.63) is 35.4 Å². The van der Waals surface area contributed by atoms with Gasteiger partial charge in [0.2, 0.25) is 5.91 Å². The van der Waals surface area contributed by atoms with E-state index >= 15 is 0 Å². The van der Waals surface area contributed by atoms with Crippen molar-refractivity contribution in [2.75, 3.05) is 19.8 Å². The summed E-state index contributed by atoms with van der Waals surface area (Å²) in [5, 5.41) is 9.18. The third kappa shape index (κ3) is 2.99. The van der Waals surface area contributed by atoms with Crippen LogP contribution in [0.4, 0.5) is 0 Å². The summed E-state index contributed by atoms with van der Waals surface area (Å²) in [6.07, 6.45) is 0. The molecule has 1 aromatic carbocycles. The minimum atomic E-state index is -1.02. The van der Waals surface area contributed by atoms with Crippen molar-refractivity contribution in [3.63, 3.8) is 0 Å². The van der Waals surface area contributed by atoms with E-state index in [1.165, 1.54) is 4.90 Å². The van der Waals surface area contributed by atoms with Gasteiger partial charge in [0.1, 0.15) is 0 Å². The van der Waals surface area contributed by atoms with Crippen LogP contribution in [-0.4, -0.2) is 47.7 Å². The number of carboxylic acids is 1. The topological polar surface area (TPSA) is 66.8 Å². The van der Waals surface area contributed by atoms with Crippen LogP contribution in [0.5, 0.6) is 0 Å². The first-order valence-electron chi connectivity index (χ1n) is 6.68. The lowest BCUT2D eigenvalue weighted by atomic mass is 9.97. The number of hydrogen-bond donors (Lipinski definition) is 1. The fourth-order valence-electron chi connectivity index (χ4n) is 2.40. The SMILES string of the molecule is Cc1cccc(C(C)C(=O)N2CCOCC2C(=O)O)c1. The Kier molecular flexibility index (Phi) is 4.39. The molecule has 1 fully saturated rings. The Balaban J connectivity index is 2.18. The zero-order valence-electron chi connectivity index (χ0n) is 11.7. The van der Waals surface area contributed by atoms with Crippen molar-refractivity contribution >= 4 is 11.9 Å². The number of benzene rings is 1. The molecule has 5 nitrogen and oxygen atoms in total. The van der Waals surface area contributed by atoms with Crippen LogP contribution in [0.1, 0.15) is 24.0 Å². The second-order valence-electron chi connectivity index (χ2n) is 5.10. The Morgan fingerprint density at radius 2 is 2.20 bits per heavy atom. The van der Waals surface area contributed by atoms with Crippen molar-refractivity contribution in [2.24, 2.45) is 0 Å². The number of carbonyl (C=O) groups is 2. The maximum Gasteiger partial charge on any atom is 0.328 e. The number of hydrogen-bond acceptors (Lipinski definition) is 3. The molecular formula is C15H19NO4. The number of aryl methyl sites for hydroxylation is 1. The first kappa shape index (κ1) is 14.5. The Hall–Kier alpha value is -1.88. The van der Waals surface area contributed by atoms with Crippen molar-refractivity contribution in [1.29, 1.82) is 0 Å². The molecule has 0 radical (unpaired) electrons. The molecule has 1 aliphatic rings. The van der Waals surface area contributed by atoms with E-state index in [0.717, 1.165) is 11.1 Å². The molecule has 0 bridgehead atoms. The quantitative estimate of drug-likeness (QED) is 0.907. The molecule has 2 unspecified atom stereocenters. The molecule has 5 heteroatoms. The van der Waals surface area contributed by atoms with Crippen LogP contribution in [-0.2, 0) is 14.3 Å². The molecule has 1 heterocycles. The molecule has 0 spiro atoms. The minimum absolute atomic E-state index is 0.0572. The van der Waals surface area contributed by atoms with Crippen LogP contribution in [0.25, 0.3) is 0 Å². The molecule has 2 atom stereocenters. The maximum atomic E-state index is 12.5. The number of amides is 1. The average molecular weight is 277 g/mol. The van der Waals surface area contributed by atoms with Gasteiger partial charge in [-0.1, -0.05) is 29.8 Å². The predicted octanol–water partition coefficient (Wildman–Crippen LogP) is 1.41. The van der Waals surface area contributed by atoms with E-state index in [2.05, 4.69) is 0 Å². The van der Waals surface area contributed by atoms with Gasteiger partial charge >= 0.3 is 5.97 Å². The second kappa shape index (κ2) is 6.05. The zero-order chi connectivity index (χ0) is 14.7. The van der Waals surface area contributed by atoms with Crippen LogP contribution < -0.4 is 0 Å². The fraction of sp³-hybridized carbons (Fsp3) is 0.467. The summed E-state index contributed by atoms with van der Waals surface area (Å²) in [6, 6.07) is 6.84. The fourth-order valence-corrected chi connectivity index (χ4v) is 2.40. The highest BCUT2D eigenvalue weighted by atomic mass is 16.5. The number of carboxylic acid groups (broad SMARTS) is 1. The molecule has 1 saturated heterocycles. The Morgan fingerprint density at radius 3 is 2.85 bits per heavy atom. The lowest BCUT2D eigenvalue weighted by molar-refractivity contribution is -0.158. The Bertz CT molecular complexity index is 514. The van der Waals surface area contributed by atoms with Gasteiger partial charge in [-0.05, 0) is 19.4 Å². The van der Waals surface area contributed by atoms with Gasteiger partial charge in [0, 0.05) is 6.54 Å². The number of aliphatic carboxylic acids is 1. The predicted molar refractivity (Wildman–Crippen MR) is 73.5 cm³/mol. The summed E-state index contributed by atoms with van der Waals surface area (Å²) >= 11 is 0. The van der Waals surface area contributed by atoms with E-state index in [9.17, 15) is 14.7 Å². The smallest absolute Gasteiger partial charge is 0.328 e. The molecule has 0 aromatic heterocycles. The normalized spacial score (nSPS) is 20.5. The van der Waals surface area contributed by atoms with Crippen molar-refractivity contribution in [3.8, 4) is 0 Å². The van der Waals surface area contributed by atoms with E-state index in [0.29, 0.717) is 13.2 Å². The molecule has 1 amide bonds. The van der Waals surface area contributed by atoms with Gasteiger partial charge in [0.25, 0.3) is 0 Å². The first-order chi connectivity index (χ1) is 9.50. The molecule has 1 aliphatic heterocycles. The summed E-state index contributed by atoms with van der Waals surface area (Å²) < 4.78 is 5.15.